The zero-order valence-corrected chi connectivity index (χ0v) is 25.6. The van der Waals surface area contributed by atoms with E-state index >= 15 is 0 Å². The van der Waals surface area contributed by atoms with E-state index < -0.39 is 34.7 Å². The molecule has 4 N–H and O–H groups in total. The Kier molecular flexibility index (Phi) is 9.69. The third kappa shape index (κ3) is 7.29. The first-order valence-corrected chi connectivity index (χ1v) is 15.5. The number of amides is 3. The molecule has 3 amide bonds. The number of carbonyl (C=O) groups excluding carboxylic acids is 3. The lowest BCUT2D eigenvalue weighted by molar-refractivity contribution is -0.143. The molecule has 230 valence electrons. The number of aliphatic hydroxyl groups excluding tert-OH is 1. The molecule has 0 spiro atoms. The average Bonchev–Trinajstić information content (AvgIpc) is 3.80. The molecular weight excluding hydrogens is 629 g/mol. The molecule has 1 heterocycles. The van der Waals surface area contributed by atoms with Crippen molar-refractivity contribution in [1.29, 1.82) is 0 Å². The molecule has 1 aliphatic carbocycles. The van der Waals surface area contributed by atoms with Gasteiger partial charge in [-0.05, 0) is 72.5 Å². The highest BCUT2D eigenvalue weighted by atomic mass is 35.5. The lowest BCUT2D eigenvalue weighted by Crippen LogP contribution is -2.57. The Morgan fingerprint density at radius 3 is 2.16 bits per heavy atom. The Morgan fingerprint density at radius 2 is 1.57 bits per heavy atom. The Bertz CT molecular complexity index is 1530. The molecule has 13 heteroatoms. The van der Waals surface area contributed by atoms with Crippen molar-refractivity contribution in [2.45, 2.75) is 35.8 Å². The van der Waals surface area contributed by atoms with Gasteiger partial charge in [-0.25, -0.2) is 4.79 Å². The molecular formula is C31H29Cl2N3O7S. The van der Waals surface area contributed by atoms with Crippen LogP contribution in [-0.4, -0.2) is 63.6 Å². The second kappa shape index (κ2) is 13.5. The monoisotopic (exact) mass is 657 g/mol. The van der Waals surface area contributed by atoms with Crippen LogP contribution < -0.4 is 20.3 Å². The van der Waals surface area contributed by atoms with Crippen LogP contribution in [-0.2, 0) is 19.2 Å². The van der Waals surface area contributed by atoms with Crippen LogP contribution in [0.2, 0.25) is 10.0 Å². The molecule has 1 aliphatic heterocycles. The quantitative estimate of drug-likeness (QED) is 0.201. The summed E-state index contributed by atoms with van der Waals surface area (Å²) in [6.07, 6.45) is -0.0631. The summed E-state index contributed by atoms with van der Waals surface area (Å²) in [7, 11) is 0. The lowest BCUT2D eigenvalue weighted by Gasteiger charge is -2.47. The number of nitrogens with one attached hydrogen (secondary N) is 2. The van der Waals surface area contributed by atoms with Crippen molar-refractivity contribution < 1.29 is 34.1 Å². The van der Waals surface area contributed by atoms with Crippen LogP contribution in [0, 0.1) is 0 Å². The number of aliphatic hydroxyl groups is 1. The number of carboxylic acid groups (broad SMARTS) is 1. The number of benzene rings is 3. The molecule has 10 nitrogen and oxygen atoms in total. The van der Waals surface area contributed by atoms with Crippen molar-refractivity contribution in [1.82, 2.24) is 10.6 Å². The normalized spacial score (nSPS) is 19.0. The van der Waals surface area contributed by atoms with E-state index in [-0.39, 0.29) is 25.1 Å². The van der Waals surface area contributed by atoms with Gasteiger partial charge in [-0.1, -0.05) is 47.5 Å². The highest BCUT2D eigenvalue weighted by Crippen LogP contribution is 2.46. The van der Waals surface area contributed by atoms with E-state index in [0.717, 1.165) is 5.56 Å². The van der Waals surface area contributed by atoms with Gasteiger partial charge in [-0.3, -0.25) is 14.4 Å². The van der Waals surface area contributed by atoms with Crippen molar-refractivity contribution in [2.24, 2.45) is 0 Å². The second-order valence-corrected chi connectivity index (χ2v) is 12.6. The maximum atomic E-state index is 13.3. The van der Waals surface area contributed by atoms with Gasteiger partial charge in [0.2, 0.25) is 11.8 Å². The number of β-lactam (4-membered cyclic amide) rings is 1. The van der Waals surface area contributed by atoms with E-state index in [4.69, 9.17) is 33.0 Å². The molecule has 2 aliphatic rings. The standard InChI is InChI=1S/C31H29Cl2N3O7S/c32-20-5-1-18(2-6-20)24(37)17-44-28-27(36(29(28)40)22-9-7-21(33)8-10-22)19-3-11-23(12-4-19)43-16-26(39)34-15-25(38)35-31(13-14-31)30(41)42/h1-12,24,27-28,37H,13-17H2,(H,34,39)(H,35,38)(H,41,42)/t24-,27-,28-/m1/s1. The predicted molar refractivity (Wildman–Crippen MR) is 167 cm³/mol. The zero-order valence-electron chi connectivity index (χ0n) is 23.2. The summed E-state index contributed by atoms with van der Waals surface area (Å²) < 4.78 is 5.57. The molecule has 1 saturated carbocycles. The summed E-state index contributed by atoms with van der Waals surface area (Å²) in [4.78, 5) is 50.4. The fraction of sp³-hybridized carbons (Fsp3) is 0.290. The number of aliphatic carboxylic acids is 1. The first-order chi connectivity index (χ1) is 21.1. The molecule has 5 rings (SSSR count). The number of anilines is 1. The molecule has 0 unspecified atom stereocenters. The summed E-state index contributed by atoms with van der Waals surface area (Å²) >= 11 is 13.4. The van der Waals surface area contributed by atoms with E-state index in [1.54, 1.807) is 65.6 Å². The topological polar surface area (TPSA) is 145 Å². The average molecular weight is 659 g/mol. The van der Waals surface area contributed by atoms with Crippen molar-refractivity contribution in [3.8, 4) is 5.75 Å². The van der Waals surface area contributed by atoms with Gasteiger partial charge < -0.3 is 30.5 Å². The number of ether oxygens (including phenoxy) is 1. The number of carboxylic acids is 1. The lowest BCUT2D eigenvalue weighted by atomic mass is 9.92. The van der Waals surface area contributed by atoms with Crippen molar-refractivity contribution >= 4 is 64.3 Å². The first kappa shape index (κ1) is 31.6. The van der Waals surface area contributed by atoms with Gasteiger partial charge in [0.05, 0.1) is 18.7 Å². The van der Waals surface area contributed by atoms with Gasteiger partial charge in [-0.2, -0.15) is 0 Å². The Labute approximate surface area is 267 Å². The van der Waals surface area contributed by atoms with Gasteiger partial charge in [0, 0.05) is 21.5 Å². The molecule has 0 radical (unpaired) electrons. The Hall–Kier alpha value is -3.77. The number of carbonyl (C=O) groups is 4. The van der Waals surface area contributed by atoms with Crippen LogP contribution >= 0.6 is 35.0 Å². The summed E-state index contributed by atoms with van der Waals surface area (Å²) in [5.74, 6) is -1.61. The van der Waals surface area contributed by atoms with Crippen molar-refractivity contribution in [2.75, 3.05) is 23.8 Å². The zero-order chi connectivity index (χ0) is 31.4. The van der Waals surface area contributed by atoms with Gasteiger partial charge in [0.15, 0.2) is 6.61 Å². The number of thioether (sulfide) groups is 1. The summed E-state index contributed by atoms with van der Waals surface area (Å²) in [5.41, 5.74) is 1.01. The molecule has 3 atom stereocenters. The van der Waals surface area contributed by atoms with Gasteiger partial charge in [0.1, 0.15) is 16.5 Å². The van der Waals surface area contributed by atoms with Crippen molar-refractivity contribution in [3.63, 3.8) is 0 Å². The maximum Gasteiger partial charge on any atom is 0.329 e. The van der Waals surface area contributed by atoms with Gasteiger partial charge in [0.25, 0.3) is 5.91 Å². The SMILES string of the molecule is O=C(COc1ccc([C@@H]2[C@@H](SC[C@@H](O)c3ccc(Cl)cc3)C(=O)N2c2ccc(Cl)cc2)cc1)NCC(=O)NC1(C(=O)O)CC1. The summed E-state index contributed by atoms with van der Waals surface area (Å²) in [5, 5.41) is 25.4. The largest absolute Gasteiger partial charge is 0.484 e. The van der Waals surface area contributed by atoms with Crippen LogP contribution in [0.3, 0.4) is 0 Å². The molecule has 2 fully saturated rings. The molecule has 0 bridgehead atoms. The van der Waals surface area contributed by atoms with E-state index in [1.807, 2.05) is 12.1 Å². The fourth-order valence-electron chi connectivity index (χ4n) is 4.78. The first-order valence-electron chi connectivity index (χ1n) is 13.7. The minimum Gasteiger partial charge on any atom is -0.484 e. The molecule has 44 heavy (non-hydrogen) atoms. The number of halogens is 2. The van der Waals surface area contributed by atoms with Crippen LogP contribution in [0.5, 0.6) is 5.75 Å². The third-order valence-electron chi connectivity index (χ3n) is 7.41. The van der Waals surface area contributed by atoms with Crippen LogP contribution in [0.25, 0.3) is 0 Å². The highest BCUT2D eigenvalue weighted by Gasteiger charge is 2.51. The van der Waals surface area contributed by atoms with E-state index in [9.17, 15) is 24.3 Å². The van der Waals surface area contributed by atoms with E-state index in [0.29, 0.717) is 45.6 Å². The smallest absolute Gasteiger partial charge is 0.329 e. The number of rotatable bonds is 13. The Morgan fingerprint density at radius 1 is 0.955 bits per heavy atom. The number of hydrogen-bond donors (Lipinski definition) is 4. The molecule has 0 aromatic heterocycles. The Balaban J connectivity index is 1.20. The number of nitrogens with zero attached hydrogens (tertiary/aromatic N) is 1. The summed E-state index contributed by atoms with van der Waals surface area (Å²) in [6, 6.07) is 20.6. The highest BCUT2D eigenvalue weighted by molar-refractivity contribution is 8.00. The minimum atomic E-state index is -1.22. The van der Waals surface area contributed by atoms with Gasteiger partial charge in [-0.15, -0.1) is 11.8 Å². The van der Waals surface area contributed by atoms with Crippen LogP contribution in [0.15, 0.2) is 72.8 Å². The van der Waals surface area contributed by atoms with Crippen molar-refractivity contribution in [3.05, 3.63) is 94.0 Å². The van der Waals surface area contributed by atoms with Crippen LogP contribution in [0.1, 0.15) is 36.1 Å². The molecule has 3 aromatic carbocycles. The van der Waals surface area contributed by atoms with E-state index in [2.05, 4.69) is 10.6 Å². The van der Waals surface area contributed by atoms with E-state index in [1.165, 1.54) is 11.8 Å². The summed E-state index contributed by atoms with van der Waals surface area (Å²) in [6.45, 7) is -0.714. The minimum absolute atomic E-state index is 0.0948. The van der Waals surface area contributed by atoms with Crippen LogP contribution in [0.4, 0.5) is 5.69 Å². The fourth-order valence-corrected chi connectivity index (χ4v) is 6.33. The maximum absolute atomic E-state index is 13.3. The number of hydrogen-bond acceptors (Lipinski definition) is 7. The third-order valence-corrected chi connectivity index (χ3v) is 9.25. The molecule has 1 saturated heterocycles. The van der Waals surface area contributed by atoms with Gasteiger partial charge >= 0.3 is 5.97 Å². The molecule has 3 aromatic rings. The predicted octanol–water partition coefficient (Wildman–Crippen LogP) is 4.15. The second-order valence-electron chi connectivity index (χ2n) is 10.5.